The lowest BCUT2D eigenvalue weighted by Gasteiger charge is -2.06. The summed E-state index contributed by atoms with van der Waals surface area (Å²) in [5, 5.41) is 16.0. The Morgan fingerprint density at radius 1 is 1.78 bits per heavy atom. The van der Waals surface area contributed by atoms with Crippen LogP contribution in [0, 0.1) is 5.41 Å². The summed E-state index contributed by atoms with van der Waals surface area (Å²) in [4.78, 5) is 0.905. The summed E-state index contributed by atoms with van der Waals surface area (Å²) in [7, 11) is 0. The number of nitrogens with one attached hydrogen (secondary N) is 2. The Balaban J connectivity index is 2.39. The van der Waals surface area contributed by atoms with E-state index in [1.165, 1.54) is 0 Å². The number of aliphatic hydroxyl groups excluding tert-OH is 1. The highest BCUT2D eigenvalue weighted by atomic mass is 16.3. The minimum atomic E-state index is -0.246. The minimum Gasteiger partial charge on any atom is -0.387 e. The van der Waals surface area contributed by atoms with E-state index in [-0.39, 0.29) is 12.1 Å². The number of aliphatic hydroxyl groups is 1. The molecule has 0 aliphatic carbocycles. The van der Waals surface area contributed by atoms with Crippen LogP contribution in [0.25, 0.3) is 0 Å². The third-order valence-electron chi connectivity index (χ3n) is 1.64. The summed E-state index contributed by atoms with van der Waals surface area (Å²) < 4.78 is 0. The SMILES string of the molecule is N=C(N)[NH+]1CCC(O)C1. The highest BCUT2D eigenvalue weighted by molar-refractivity contribution is 5.64. The van der Waals surface area contributed by atoms with Gasteiger partial charge in [-0.1, -0.05) is 0 Å². The third kappa shape index (κ3) is 1.40. The summed E-state index contributed by atoms with van der Waals surface area (Å²) in [5.41, 5.74) is 5.20. The van der Waals surface area contributed by atoms with Gasteiger partial charge < -0.3 is 10.8 Å². The van der Waals surface area contributed by atoms with Crippen molar-refractivity contribution < 1.29 is 10.0 Å². The molecule has 0 amide bonds. The number of likely N-dealkylation sites (tertiary alicyclic amines) is 1. The Hall–Kier alpha value is -0.610. The zero-order valence-electron chi connectivity index (χ0n) is 5.22. The summed E-state index contributed by atoms with van der Waals surface area (Å²) in [6.07, 6.45) is 0.526. The van der Waals surface area contributed by atoms with Crippen molar-refractivity contribution in [2.24, 2.45) is 5.73 Å². The largest absolute Gasteiger partial charge is 0.387 e. The molecular formula is C5H12N3O+. The molecule has 1 rings (SSSR count). The van der Waals surface area contributed by atoms with Gasteiger partial charge >= 0.3 is 0 Å². The van der Waals surface area contributed by atoms with Crippen LogP contribution in [-0.4, -0.2) is 30.3 Å². The van der Waals surface area contributed by atoms with Crippen LogP contribution in [0.5, 0.6) is 0 Å². The van der Waals surface area contributed by atoms with Crippen molar-refractivity contribution in [2.45, 2.75) is 12.5 Å². The monoisotopic (exact) mass is 130 g/mol. The number of rotatable bonds is 0. The van der Waals surface area contributed by atoms with E-state index in [1.54, 1.807) is 0 Å². The molecule has 2 unspecified atom stereocenters. The lowest BCUT2D eigenvalue weighted by atomic mass is 10.3. The second-order valence-electron chi connectivity index (χ2n) is 2.41. The molecule has 5 N–H and O–H groups in total. The van der Waals surface area contributed by atoms with Gasteiger partial charge in [-0.15, -0.1) is 0 Å². The average molecular weight is 130 g/mol. The van der Waals surface area contributed by atoms with Crippen LogP contribution in [0.3, 0.4) is 0 Å². The van der Waals surface area contributed by atoms with Crippen LogP contribution >= 0.6 is 0 Å². The van der Waals surface area contributed by atoms with E-state index >= 15 is 0 Å². The van der Waals surface area contributed by atoms with Crippen molar-refractivity contribution >= 4 is 5.96 Å². The molecule has 1 saturated heterocycles. The molecule has 0 aromatic heterocycles. The molecule has 1 aliphatic heterocycles. The molecule has 52 valence electrons. The summed E-state index contributed by atoms with van der Waals surface area (Å²) in [6.45, 7) is 1.41. The van der Waals surface area contributed by atoms with Gasteiger partial charge in [0.25, 0.3) is 5.96 Å². The van der Waals surface area contributed by atoms with Gasteiger partial charge in [-0.2, -0.15) is 0 Å². The second kappa shape index (κ2) is 2.33. The zero-order chi connectivity index (χ0) is 6.85. The van der Waals surface area contributed by atoms with Crippen LogP contribution in [-0.2, 0) is 0 Å². The first-order chi connectivity index (χ1) is 4.20. The van der Waals surface area contributed by atoms with E-state index in [9.17, 15) is 0 Å². The molecule has 4 heteroatoms. The van der Waals surface area contributed by atoms with E-state index in [0.29, 0.717) is 6.54 Å². The maximum Gasteiger partial charge on any atom is 0.290 e. The molecule has 0 bridgehead atoms. The molecule has 0 aromatic rings. The first-order valence-electron chi connectivity index (χ1n) is 3.07. The second-order valence-corrected chi connectivity index (χ2v) is 2.41. The van der Waals surface area contributed by atoms with Gasteiger partial charge in [-0.05, 0) is 0 Å². The van der Waals surface area contributed by atoms with Gasteiger partial charge in [0, 0.05) is 6.42 Å². The van der Waals surface area contributed by atoms with Gasteiger partial charge in [0.15, 0.2) is 0 Å². The molecular weight excluding hydrogens is 118 g/mol. The highest BCUT2D eigenvalue weighted by Gasteiger charge is 2.25. The Bertz CT molecular complexity index is 125. The molecule has 0 spiro atoms. The number of quaternary nitrogens is 1. The molecule has 4 nitrogen and oxygen atoms in total. The number of hydrogen-bond donors (Lipinski definition) is 4. The smallest absolute Gasteiger partial charge is 0.290 e. The van der Waals surface area contributed by atoms with Crippen molar-refractivity contribution in [3.63, 3.8) is 0 Å². The standard InChI is InChI=1S/C5H11N3O/c6-5(7)8-2-1-4(9)3-8/h4,9H,1-3H2,(H3,6,7)/p+1. The van der Waals surface area contributed by atoms with Gasteiger partial charge in [0.2, 0.25) is 0 Å². The first-order valence-corrected chi connectivity index (χ1v) is 3.07. The zero-order valence-corrected chi connectivity index (χ0v) is 5.22. The van der Waals surface area contributed by atoms with Gasteiger partial charge in [-0.25, -0.2) is 5.41 Å². The average Bonchev–Trinajstić information content (AvgIpc) is 2.14. The number of guanidine groups is 1. The fraction of sp³-hybridized carbons (Fsp3) is 0.800. The van der Waals surface area contributed by atoms with E-state index in [2.05, 4.69) is 0 Å². The Kier molecular flexibility index (Phi) is 1.68. The van der Waals surface area contributed by atoms with Crippen LogP contribution < -0.4 is 10.6 Å². The predicted molar refractivity (Wildman–Crippen MR) is 33.2 cm³/mol. The van der Waals surface area contributed by atoms with Crippen LogP contribution in [0.15, 0.2) is 0 Å². The Morgan fingerprint density at radius 3 is 2.67 bits per heavy atom. The summed E-state index contributed by atoms with van der Waals surface area (Å²) in [6, 6.07) is 0. The number of nitrogens with two attached hydrogens (primary N) is 1. The van der Waals surface area contributed by atoms with E-state index in [1.807, 2.05) is 0 Å². The Labute approximate surface area is 53.8 Å². The van der Waals surface area contributed by atoms with Crippen LogP contribution in [0.4, 0.5) is 0 Å². The maximum atomic E-state index is 8.98. The summed E-state index contributed by atoms with van der Waals surface area (Å²) in [5.74, 6) is 0.145. The molecule has 0 radical (unpaired) electrons. The Morgan fingerprint density at radius 2 is 2.44 bits per heavy atom. The molecule has 0 saturated carbocycles. The lowest BCUT2D eigenvalue weighted by molar-refractivity contribution is -0.794. The molecule has 9 heavy (non-hydrogen) atoms. The lowest BCUT2D eigenvalue weighted by Crippen LogP contribution is -3.14. The van der Waals surface area contributed by atoms with Gasteiger partial charge in [0.1, 0.15) is 12.6 Å². The van der Waals surface area contributed by atoms with E-state index in [0.717, 1.165) is 17.9 Å². The van der Waals surface area contributed by atoms with Crippen molar-refractivity contribution in [2.75, 3.05) is 13.1 Å². The van der Waals surface area contributed by atoms with Crippen molar-refractivity contribution in [3.8, 4) is 0 Å². The molecule has 1 heterocycles. The first kappa shape index (κ1) is 6.51. The van der Waals surface area contributed by atoms with E-state index in [4.69, 9.17) is 16.2 Å². The molecule has 1 fully saturated rings. The van der Waals surface area contributed by atoms with Crippen LogP contribution in [0.2, 0.25) is 0 Å². The fourth-order valence-corrected chi connectivity index (χ4v) is 1.07. The topological polar surface area (TPSA) is 74.5 Å². The normalized spacial score (nSPS) is 34.8. The van der Waals surface area contributed by atoms with Crippen molar-refractivity contribution in [3.05, 3.63) is 0 Å². The third-order valence-corrected chi connectivity index (χ3v) is 1.64. The van der Waals surface area contributed by atoms with Crippen molar-refractivity contribution in [1.82, 2.24) is 0 Å². The van der Waals surface area contributed by atoms with Crippen LogP contribution in [0.1, 0.15) is 6.42 Å². The molecule has 1 aliphatic rings. The van der Waals surface area contributed by atoms with Gasteiger partial charge in [0.05, 0.1) is 6.54 Å². The van der Waals surface area contributed by atoms with E-state index < -0.39 is 0 Å². The summed E-state index contributed by atoms with van der Waals surface area (Å²) >= 11 is 0. The molecule has 2 atom stereocenters. The van der Waals surface area contributed by atoms with Gasteiger partial charge in [-0.3, -0.25) is 4.90 Å². The highest BCUT2D eigenvalue weighted by Crippen LogP contribution is 1.89. The minimum absolute atomic E-state index is 0.145. The fourth-order valence-electron chi connectivity index (χ4n) is 1.07. The quantitative estimate of drug-likeness (QED) is 0.217. The predicted octanol–water partition coefficient (Wildman–Crippen LogP) is -2.47. The van der Waals surface area contributed by atoms with Crippen molar-refractivity contribution in [1.29, 1.82) is 5.41 Å². The maximum absolute atomic E-state index is 8.98. The molecule has 0 aromatic carbocycles. The number of hydrogen-bond acceptors (Lipinski definition) is 2.